The third-order valence-corrected chi connectivity index (χ3v) is 2.11. The van der Waals surface area contributed by atoms with Gasteiger partial charge in [-0.3, -0.25) is 4.98 Å². The number of nitrogens with zero attached hydrogens (tertiary/aromatic N) is 3. The molecule has 0 amide bonds. The first-order chi connectivity index (χ1) is 8.19. The number of rotatable bonds is 2. The van der Waals surface area contributed by atoms with Crippen molar-refractivity contribution in [3.05, 3.63) is 41.3 Å². The minimum Gasteiger partial charge on any atom is -0.435 e. The molecule has 2 aromatic heterocycles. The van der Waals surface area contributed by atoms with E-state index in [1.807, 2.05) is 6.07 Å². The molecule has 0 unspecified atom stereocenters. The SMILES string of the molecule is N#Cc1cnc(Oc2cncc(Cl)c2)c(N)c1. The number of halogens is 1. The van der Waals surface area contributed by atoms with Gasteiger partial charge in [-0.2, -0.15) is 5.26 Å². The Morgan fingerprint density at radius 2 is 2.12 bits per heavy atom. The highest BCUT2D eigenvalue weighted by atomic mass is 35.5. The molecule has 0 aliphatic carbocycles. The molecule has 5 nitrogen and oxygen atoms in total. The molecule has 0 aliphatic heterocycles. The number of hydrogen-bond acceptors (Lipinski definition) is 5. The van der Waals surface area contributed by atoms with Gasteiger partial charge >= 0.3 is 0 Å². The first-order valence-corrected chi connectivity index (χ1v) is 5.01. The number of nitrogen functional groups attached to an aromatic ring is 1. The van der Waals surface area contributed by atoms with Crippen molar-refractivity contribution in [2.45, 2.75) is 0 Å². The highest BCUT2D eigenvalue weighted by Crippen LogP contribution is 2.26. The van der Waals surface area contributed by atoms with Crippen molar-refractivity contribution in [2.24, 2.45) is 0 Å². The van der Waals surface area contributed by atoms with E-state index in [2.05, 4.69) is 9.97 Å². The van der Waals surface area contributed by atoms with E-state index in [9.17, 15) is 0 Å². The van der Waals surface area contributed by atoms with Gasteiger partial charge in [-0.1, -0.05) is 11.6 Å². The van der Waals surface area contributed by atoms with E-state index in [-0.39, 0.29) is 11.6 Å². The van der Waals surface area contributed by atoms with Crippen LogP contribution in [0.3, 0.4) is 0 Å². The maximum atomic E-state index is 8.67. The molecule has 0 aliphatic rings. The lowest BCUT2D eigenvalue weighted by Gasteiger charge is -2.06. The van der Waals surface area contributed by atoms with Crippen LogP contribution in [0, 0.1) is 11.3 Å². The molecule has 0 atom stereocenters. The Kier molecular flexibility index (Phi) is 3.08. The highest BCUT2D eigenvalue weighted by Gasteiger charge is 2.05. The number of pyridine rings is 2. The second-order valence-electron chi connectivity index (χ2n) is 3.17. The fourth-order valence-electron chi connectivity index (χ4n) is 1.18. The molecule has 17 heavy (non-hydrogen) atoms. The van der Waals surface area contributed by atoms with E-state index < -0.39 is 0 Å². The number of hydrogen-bond donors (Lipinski definition) is 1. The van der Waals surface area contributed by atoms with Crippen molar-refractivity contribution >= 4 is 17.3 Å². The summed E-state index contributed by atoms with van der Waals surface area (Å²) in [6.07, 6.45) is 4.36. The van der Waals surface area contributed by atoms with Gasteiger partial charge in [0.15, 0.2) is 0 Å². The van der Waals surface area contributed by atoms with Gasteiger partial charge in [0, 0.05) is 18.5 Å². The number of aromatic nitrogens is 2. The molecule has 0 aromatic carbocycles. The van der Waals surface area contributed by atoms with Gasteiger partial charge in [0.2, 0.25) is 5.88 Å². The summed E-state index contributed by atoms with van der Waals surface area (Å²) in [6, 6.07) is 5.01. The molecule has 0 saturated heterocycles. The van der Waals surface area contributed by atoms with E-state index >= 15 is 0 Å². The molecule has 2 aromatic rings. The first kappa shape index (κ1) is 11.2. The van der Waals surface area contributed by atoms with E-state index in [4.69, 9.17) is 27.3 Å². The molecule has 0 radical (unpaired) electrons. The molecule has 2 heterocycles. The van der Waals surface area contributed by atoms with E-state index in [1.54, 1.807) is 6.07 Å². The van der Waals surface area contributed by atoms with E-state index in [0.29, 0.717) is 16.3 Å². The number of anilines is 1. The van der Waals surface area contributed by atoms with Crippen LogP contribution < -0.4 is 10.5 Å². The van der Waals surface area contributed by atoms with Crippen LogP contribution in [0.15, 0.2) is 30.7 Å². The summed E-state index contributed by atoms with van der Waals surface area (Å²) in [7, 11) is 0. The topological polar surface area (TPSA) is 84.8 Å². The summed E-state index contributed by atoms with van der Waals surface area (Å²) >= 11 is 5.76. The lowest BCUT2D eigenvalue weighted by molar-refractivity contribution is 0.463. The molecule has 2 N–H and O–H groups in total. The molecule has 84 valence electrons. The van der Waals surface area contributed by atoms with Gasteiger partial charge in [-0.15, -0.1) is 0 Å². The lowest BCUT2D eigenvalue weighted by Crippen LogP contribution is -1.96. The van der Waals surface area contributed by atoms with Crippen LogP contribution in [-0.4, -0.2) is 9.97 Å². The Balaban J connectivity index is 2.28. The van der Waals surface area contributed by atoms with Crippen LogP contribution >= 0.6 is 11.6 Å². The number of nitriles is 1. The van der Waals surface area contributed by atoms with Crippen LogP contribution in [0.4, 0.5) is 5.69 Å². The van der Waals surface area contributed by atoms with Gasteiger partial charge in [0.05, 0.1) is 22.5 Å². The van der Waals surface area contributed by atoms with E-state index in [1.165, 1.54) is 24.7 Å². The fraction of sp³-hybridized carbons (Fsp3) is 0. The van der Waals surface area contributed by atoms with Gasteiger partial charge in [0.1, 0.15) is 11.8 Å². The third kappa shape index (κ3) is 2.62. The molecule has 0 saturated carbocycles. The summed E-state index contributed by atoms with van der Waals surface area (Å²) in [5.41, 5.74) is 6.35. The predicted octanol–water partition coefficient (Wildman–Crippen LogP) is 2.38. The molecule has 0 bridgehead atoms. The minimum absolute atomic E-state index is 0.216. The zero-order chi connectivity index (χ0) is 12.3. The standard InChI is InChI=1S/C11H7ClN4O/c12-8-2-9(6-15-5-8)17-11-10(14)1-7(3-13)4-16-11/h1-2,4-6H,14H2. The number of ether oxygens (including phenoxy) is 1. The Morgan fingerprint density at radius 3 is 2.76 bits per heavy atom. The zero-order valence-electron chi connectivity index (χ0n) is 8.59. The van der Waals surface area contributed by atoms with Crippen molar-refractivity contribution in [1.82, 2.24) is 9.97 Å². The minimum atomic E-state index is 0.216. The maximum Gasteiger partial charge on any atom is 0.242 e. The van der Waals surface area contributed by atoms with E-state index in [0.717, 1.165) is 0 Å². The van der Waals surface area contributed by atoms with Crippen molar-refractivity contribution in [2.75, 3.05) is 5.73 Å². The van der Waals surface area contributed by atoms with Gasteiger partial charge in [-0.05, 0) is 6.07 Å². The van der Waals surface area contributed by atoms with Crippen LogP contribution in [0.25, 0.3) is 0 Å². The van der Waals surface area contributed by atoms with Gasteiger partial charge in [-0.25, -0.2) is 4.98 Å². The number of nitrogens with two attached hydrogens (primary N) is 1. The normalized spacial score (nSPS) is 9.65. The van der Waals surface area contributed by atoms with Crippen molar-refractivity contribution in [3.8, 4) is 17.7 Å². The predicted molar refractivity (Wildman–Crippen MR) is 62.7 cm³/mol. The summed E-state index contributed by atoms with van der Waals surface area (Å²) in [5.74, 6) is 0.648. The monoisotopic (exact) mass is 246 g/mol. The van der Waals surface area contributed by atoms with Crippen molar-refractivity contribution in [3.63, 3.8) is 0 Å². The molecule has 0 spiro atoms. The molecular formula is C11H7ClN4O. The maximum absolute atomic E-state index is 8.67. The van der Waals surface area contributed by atoms with Gasteiger partial charge in [0.25, 0.3) is 0 Å². The second-order valence-corrected chi connectivity index (χ2v) is 3.61. The average molecular weight is 247 g/mol. The highest BCUT2D eigenvalue weighted by molar-refractivity contribution is 6.30. The van der Waals surface area contributed by atoms with Crippen LogP contribution in [-0.2, 0) is 0 Å². The Labute approximate surface area is 102 Å². The molecular weight excluding hydrogens is 240 g/mol. The molecule has 0 fully saturated rings. The largest absolute Gasteiger partial charge is 0.435 e. The lowest BCUT2D eigenvalue weighted by atomic mass is 10.3. The fourth-order valence-corrected chi connectivity index (χ4v) is 1.34. The second kappa shape index (κ2) is 4.68. The Morgan fingerprint density at radius 1 is 1.29 bits per heavy atom. The average Bonchev–Trinajstić information content (AvgIpc) is 2.32. The van der Waals surface area contributed by atoms with Crippen LogP contribution in [0.5, 0.6) is 11.6 Å². The first-order valence-electron chi connectivity index (χ1n) is 4.63. The Bertz CT molecular complexity index is 594. The van der Waals surface area contributed by atoms with Crippen molar-refractivity contribution < 1.29 is 4.74 Å². The van der Waals surface area contributed by atoms with Crippen LogP contribution in [0.2, 0.25) is 5.02 Å². The van der Waals surface area contributed by atoms with Crippen LogP contribution in [0.1, 0.15) is 5.56 Å². The molecule has 2 rings (SSSR count). The summed E-state index contributed by atoms with van der Waals surface area (Å²) in [6.45, 7) is 0. The Hall–Kier alpha value is -2.32. The third-order valence-electron chi connectivity index (χ3n) is 1.90. The summed E-state index contributed by atoms with van der Waals surface area (Å²) < 4.78 is 5.40. The summed E-state index contributed by atoms with van der Waals surface area (Å²) in [5, 5.41) is 9.12. The molecule has 6 heteroatoms. The summed E-state index contributed by atoms with van der Waals surface area (Å²) in [4.78, 5) is 7.80. The van der Waals surface area contributed by atoms with Crippen molar-refractivity contribution in [1.29, 1.82) is 5.26 Å². The smallest absolute Gasteiger partial charge is 0.242 e. The quantitative estimate of drug-likeness (QED) is 0.879. The van der Waals surface area contributed by atoms with Gasteiger partial charge < -0.3 is 10.5 Å². The zero-order valence-corrected chi connectivity index (χ0v) is 9.35.